The average molecular weight is 298 g/mol. The van der Waals surface area contributed by atoms with Gasteiger partial charge >= 0.3 is 0 Å². The second-order valence-electron chi connectivity index (χ2n) is 4.44. The summed E-state index contributed by atoms with van der Waals surface area (Å²) < 4.78 is 5.62. The third kappa shape index (κ3) is 8.05. The maximum Gasteiger partial charge on any atom is 0.119 e. The normalized spacial score (nSPS) is 9.27. The Kier molecular flexibility index (Phi) is 11.1. The molecule has 0 aliphatic rings. The van der Waals surface area contributed by atoms with Gasteiger partial charge in [-0.05, 0) is 37.6 Å². The first kappa shape index (κ1) is 19.7. The lowest BCUT2D eigenvalue weighted by atomic mass is 10.1. The van der Waals surface area contributed by atoms with Crippen LogP contribution in [0.25, 0.3) is 6.08 Å². The van der Waals surface area contributed by atoms with Crippen LogP contribution in [0.4, 0.5) is 0 Å². The van der Waals surface area contributed by atoms with Gasteiger partial charge in [0.15, 0.2) is 0 Å². The number of benzene rings is 2. The van der Waals surface area contributed by atoms with E-state index in [0.717, 1.165) is 5.75 Å². The zero-order chi connectivity index (χ0) is 16.8. The number of ether oxygens (including phenoxy) is 1. The summed E-state index contributed by atoms with van der Waals surface area (Å²) in [4.78, 5) is 8.00. The number of carbonyl (C=O) groups is 1. The Hall–Kier alpha value is -2.35. The maximum absolute atomic E-state index is 8.00. The van der Waals surface area contributed by atoms with Gasteiger partial charge in [0.25, 0.3) is 0 Å². The van der Waals surface area contributed by atoms with Gasteiger partial charge in [0.2, 0.25) is 0 Å². The summed E-state index contributed by atoms with van der Waals surface area (Å²) in [5.41, 5.74) is 3.73. The molecule has 0 fully saturated rings. The topological polar surface area (TPSA) is 26.3 Å². The Balaban J connectivity index is 0.00000102. The van der Waals surface area contributed by atoms with Crippen LogP contribution in [-0.2, 0) is 4.79 Å². The molecule has 0 saturated heterocycles. The van der Waals surface area contributed by atoms with Crippen molar-refractivity contribution in [3.05, 3.63) is 71.3 Å². The Morgan fingerprint density at radius 3 is 1.82 bits per heavy atom. The summed E-state index contributed by atoms with van der Waals surface area (Å²) in [5, 5.41) is 0. The van der Waals surface area contributed by atoms with Crippen molar-refractivity contribution < 1.29 is 9.53 Å². The van der Waals surface area contributed by atoms with Crippen LogP contribution >= 0.6 is 0 Å². The van der Waals surface area contributed by atoms with E-state index in [4.69, 9.17) is 9.53 Å². The standard InChI is InChI=1S/C17H18O.C2H6.CH2O/c1-14-5-9-16(10-6-14)4-3-13-18-17-11-7-15(2)8-12-17;2*1-2/h3-12H,13H2,1-2H3;1-2H3;1H2/b4-3+;;. The Morgan fingerprint density at radius 1 is 0.864 bits per heavy atom. The molecule has 118 valence electrons. The van der Waals surface area contributed by atoms with E-state index in [2.05, 4.69) is 56.3 Å². The van der Waals surface area contributed by atoms with Crippen molar-refractivity contribution in [3.8, 4) is 5.75 Å². The summed E-state index contributed by atoms with van der Waals surface area (Å²) in [6.45, 7) is 10.8. The number of hydrogen-bond donors (Lipinski definition) is 0. The van der Waals surface area contributed by atoms with Crippen LogP contribution in [-0.4, -0.2) is 13.4 Å². The molecular formula is C20H26O2. The van der Waals surface area contributed by atoms with Crippen LogP contribution in [0.2, 0.25) is 0 Å². The van der Waals surface area contributed by atoms with E-state index in [-0.39, 0.29) is 0 Å². The summed E-state index contributed by atoms with van der Waals surface area (Å²) in [6.07, 6.45) is 4.11. The smallest absolute Gasteiger partial charge is 0.119 e. The second kappa shape index (κ2) is 12.4. The summed E-state index contributed by atoms with van der Waals surface area (Å²) in [7, 11) is 0. The van der Waals surface area contributed by atoms with E-state index in [0.29, 0.717) is 6.61 Å². The van der Waals surface area contributed by atoms with Gasteiger partial charge < -0.3 is 9.53 Å². The van der Waals surface area contributed by atoms with Gasteiger partial charge in [0.1, 0.15) is 19.1 Å². The first-order valence-electron chi connectivity index (χ1n) is 7.45. The van der Waals surface area contributed by atoms with Crippen molar-refractivity contribution in [1.29, 1.82) is 0 Å². The molecule has 0 saturated carbocycles. The van der Waals surface area contributed by atoms with E-state index in [9.17, 15) is 0 Å². The fourth-order valence-electron chi connectivity index (χ4n) is 1.64. The van der Waals surface area contributed by atoms with Gasteiger partial charge in [-0.3, -0.25) is 0 Å². The van der Waals surface area contributed by atoms with Crippen molar-refractivity contribution in [3.63, 3.8) is 0 Å². The van der Waals surface area contributed by atoms with Crippen molar-refractivity contribution in [2.75, 3.05) is 6.61 Å². The molecule has 0 amide bonds. The van der Waals surface area contributed by atoms with Crippen LogP contribution in [0.1, 0.15) is 30.5 Å². The summed E-state index contributed by atoms with van der Waals surface area (Å²) >= 11 is 0. The highest BCUT2D eigenvalue weighted by Gasteiger charge is 1.90. The van der Waals surface area contributed by atoms with Crippen molar-refractivity contribution >= 4 is 12.9 Å². The molecule has 0 bridgehead atoms. The first-order chi connectivity index (χ1) is 10.7. The predicted octanol–water partition coefficient (Wildman–Crippen LogP) is 5.24. The molecule has 22 heavy (non-hydrogen) atoms. The minimum Gasteiger partial charge on any atom is -0.490 e. The quantitative estimate of drug-likeness (QED) is 0.772. The fraction of sp³-hybridized carbons (Fsp3) is 0.250. The highest BCUT2D eigenvalue weighted by molar-refractivity contribution is 5.49. The van der Waals surface area contributed by atoms with Crippen LogP contribution in [0.5, 0.6) is 5.75 Å². The molecule has 2 aromatic carbocycles. The zero-order valence-electron chi connectivity index (χ0n) is 14.0. The van der Waals surface area contributed by atoms with E-state index < -0.39 is 0 Å². The first-order valence-corrected chi connectivity index (χ1v) is 7.45. The second-order valence-corrected chi connectivity index (χ2v) is 4.44. The van der Waals surface area contributed by atoms with Crippen LogP contribution < -0.4 is 4.74 Å². The molecule has 0 unspecified atom stereocenters. The Bertz CT molecular complexity index is 525. The molecule has 2 heteroatoms. The zero-order valence-corrected chi connectivity index (χ0v) is 14.0. The molecule has 0 spiro atoms. The highest BCUT2D eigenvalue weighted by Crippen LogP contribution is 2.11. The molecule has 2 aromatic rings. The third-order valence-electron chi connectivity index (χ3n) is 2.75. The Labute approximate surface area is 134 Å². The largest absolute Gasteiger partial charge is 0.490 e. The van der Waals surface area contributed by atoms with Gasteiger partial charge in [-0.2, -0.15) is 0 Å². The number of carbonyl (C=O) groups excluding carboxylic acids is 1. The van der Waals surface area contributed by atoms with Crippen molar-refractivity contribution in [2.45, 2.75) is 27.7 Å². The number of aryl methyl sites for hydroxylation is 2. The Morgan fingerprint density at radius 2 is 1.32 bits per heavy atom. The molecule has 0 aromatic heterocycles. The van der Waals surface area contributed by atoms with Gasteiger partial charge in [-0.1, -0.05) is 67.4 Å². The molecule has 0 aliphatic carbocycles. The fourth-order valence-corrected chi connectivity index (χ4v) is 1.64. The number of hydrogen-bond acceptors (Lipinski definition) is 2. The predicted molar refractivity (Wildman–Crippen MR) is 95.4 cm³/mol. The van der Waals surface area contributed by atoms with E-state index in [1.54, 1.807) is 0 Å². The van der Waals surface area contributed by atoms with Crippen LogP contribution in [0, 0.1) is 13.8 Å². The average Bonchev–Trinajstić information content (AvgIpc) is 2.58. The van der Waals surface area contributed by atoms with E-state index >= 15 is 0 Å². The summed E-state index contributed by atoms with van der Waals surface area (Å²) in [6, 6.07) is 16.5. The van der Waals surface area contributed by atoms with Gasteiger partial charge in [-0.25, -0.2) is 0 Å². The van der Waals surface area contributed by atoms with Gasteiger partial charge in [-0.15, -0.1) is 0 Å². The molecule has 0 N–H and O–H groups in total. The SMILES string of the molecule is C=O.CC.Cc1ccc(/C=C/COc2ccc(C)cc2)cc1. The molecule has 2 rings (SSSR count). The van der Waals surface area contributed by atoms with Crippen molar-refractivity contribution in [1.82, 2.24) is 0 Å². The molecule has 0 heterocycles. The van der Waals surface area contributed by atoms with Crippen molar-refractivity contribution in [2.24, 2.45) is 0 Å². The number of rotatable bonds is 4. The molecule has 0 atom stereocenters. The van der Waals surface area contributed by atoms with E-state index in [1.807, 2.05) is 38.8 Å². The molecular weight excluding hydrogens is 272 g/mol. The molecule has 2 nitrogen and oxygen atoms in total. The maximum atomic E-state index is 8.00. The lowest BCUT2D eigenvalue weighted by Crippen LogP contribution is -1.92. The highest BCUT2D eigenvalue weighted by atomic mass is 16.5. The monoisotopic (exact) mass is 298 g/mol. The molecule has 0 radical (unpaired) electrons. The van der Waals surface area contributed by atoms with E-state index in [1.165, 1.54) is 16.7 Å². The van der Waals surface area contributed by atoms with Crippen LogP contribution in [0.15, 0.2) is 54.6 Å². The molecule has 0 aliphatic heterocycles. The third-order valence-corrected chi connectivity index (χ3v) is 2.75. The van der Waals surface area contributed by atoms with Gasteiger partial charge in [0.05, 0.1) is 0 Å². The van der Waals surface area contributed by atoms with Crippen LogP contribution in [0.3, 0.4) is 0 Å². The lowest BCUT2D eigenvalue weighted by molar-refractivity contribution is -0.0979. The lowest BCUT2D eigenvalue weighted by Gasteiger charge is -2.03. The summed E-state index contributed by atoms with van der Waals surface area (Å²) in [5.74, 6) is 0.911. The minimum absolute atomic E-state index is 0.594. The minimum atomic E-state index is 0.594. The van der Waals surface area contributed by atoms with Gasteiger partial charge in [0, 0.05) is 0 Å².